The number of unbranched alkanes of at least 4 members (excludes halogenated alkanes) is 14. The van der Waals surface area contributed by atoms with Gasteiger partial charge in [-0.05, 0) is 42.7 Å². The fourth-order valence-corrected chi connectivity index (χ4v) is 6.28. The lowest BCUT2D eigenvalue weighted by atomic mass is 9.96. The van der Waals surface area contributed by atoms with Gasteiger partial charge in [-0.15, -0.1) is 0 Å². The molecule has 2 heteroatoms. The van der Waals surface area contributed by atoms with E-state index in [-0.39, 0.29) is 0 Å². The summed E-state index contributed by atoms with van der Waals surface area (Å²) in [5, 5.41) is 0. The van der Waals surface area contributed by atoms with Crippen LogP contribution in [-0.4, -0.2) is 4.57 Å². The number of hydrogen-bond acceptors (Lipinski definition) is 0. The molecule has 226 valence electrons. The molecule has 0 radical (unpaired) electrons. The van der Waals surface area contributed by atoms with Crippen molar-refractivity contribution in [1.82, 2.24) is 4.57 Å². The summed E-state index contributed by atoms with van der Waals surface area (Å²) in [6.45, 7) is 9.30. The highest BCUT2D eigenvalue weighted by Gasteiger charge is 2.25. The summed E-state index contributed by atoms with van der Waals surface area (Å²) in [7, 11) is 0. The van der Waals surface area contributed by atoms with Crippen molar-refractivity contribution < 1.29 is 4.57 Å². The zero-order chi connectivity index (χ0) is 29.0. The smallest absolute Gasteiger partial charge is 0.234 e. The Balaban J connectivity index is 1.58. The quantitative estimate of drug-likeness (QED) is 0.0810. The fourth-order valence-electron chi connectivity index (χ4n) is 6.28. The van der Waals surface area contributed by atoms with Crippen LogP contribution in [0.25, 0.3) is 0 Å². The lowest BCUT2D eigenvalue weighted by Gasteiger charge is -2.12. The molecule has 3 rings (SSSR count). The molecule has 1 unspecified atom stereocenters. The van der Waals surface area contributed by atoms with Crippen LogP contribution in [0.15, 0.2) is 66.9 Å². The molecule has 2 aromatic carbocycles. The molecule has 1 atom stereocenters. The molecule has 0 N–H and O–H groups in total. The zero-order valence-electron chi connectivity index (χ0n) is 27.0. The van der Waals surface area contributed by atoms with Crippen molar-refractivity contribution in [3.63, 3.8) is 0 Å². The first-order valence-corrected chi connectivity index (χ1v) is 17.4. The van der Waals surface area contributed by atoms with Crippen LogP contribution in [0.1, 0.15) is 152 Å². The molecule has 1 aromatic heterocycles. The number of imidazole rings is 1. The van der Waals surface area contributed by atoms with Gasteiger partial charge in [0.2, 0.25) is 0 Å². The second-order valence-corrected chi connectivity index (χ2v) is 12.5. The van der Waals surface area contributed by atoms with E-state index in [1.54, 1.807) is 0 Å². The molecule has 0 bridgehead atoms. The Bertz CT molecular complexity index is 1040. The summed E-state index contributed by atoms with van der Waals surface area (Å²) in [6.07, 6.45) is 26.8. The van der Waals surface area contributed by atoms with E-state index in [9.17, 15) is 0 Å². The summed E-state index contributed by atoms with van der Waals surface area (Å²) in [5.74, 6) is 2.02. The molecular weight excluding hydrogens is 496 g/mol. The van der Waals surface area contributed by atoms with E-state index in [1.165, 1.54) is 125 Å². The van der Waals surface area contributed by atoms with Crippen molar-refractivity contribution in [3.8, 4) is 0 Å². The molecule has 0 aliphatic heterocycles. The third-order valence-electron chi connectivity index (χ3n) is 8.87. The maximum atomic E-state index is 2.70. The van der Waals surface area contributed by atoms with Crippen molar-refractivity contribution in [1.29, 1.82) is 0 Å². The number of aromatic nitrogens is 2. The number of nitrogens with zero attached hydrogens (tertiary/aromatic N) is 2. The molecule has 3 aromatic rings. The van der Waals surface area contributed by atoms with Crippen LogP contribution in [-0.2, 0) is 25.9 Å². The summed E-state index contributed by atoms with van der Waals surface area (Å²) < 4.78 is 5.33. The van der Waals surface area contributed by atoms with Gasteiger partial charge in [0.25, 0.3) is 5.82 Å². The van der Waals surface area contributed by atoms with E-state index in [0.717, 1.165) is 25.9 Å². The van der Waals surface area contributed by atoms with Crippen molar-refractivity contribution in [2.75, 3.05) is 0 Å². The Morgan fingerprint density at radius 2 is 1.12 bits per heavy atom. The highest BCUT2D eigenvalue weighted by Crippen LogP contribution is 2.22. The Kier molecular flexibility index (Phi) is 16.6. The molecule has 0 saturated carbocycles. The molecular formula is C39H61N2+. The summed E-state index contributed by atoms with van der Waals surface area (Å²) >= 11 is 0. The van der Waals surface area contributed by atoms with Crippen LogP contribution in [0.2, 0.25) is 0 Å². The summed E-state index contributed by atoms with van der Waals surface area (Å²) in [4.78, 5) is 0. The van der Waals surface area contributed by atoms with Crippen LogP contribution in [0.5, 0.6) is 0 Å². The SMILES string of the molecule is CCCCCCCCCCCCCCC[n+]1cc(CC(C)c2ccccc2)n(CCCCC)c1Cc1ccccc1. The Morgan fingerprint density at radius 1 is 0.610 bits per heavy atom. The van der Waals surface area contributed by atoms with Crippen molar-refractivity contribution in [3.05, 3.63) is 89.5 Å². The average Bonchev–Trinajstić information content (AvgIpc) is 3.31. The molecule has 0 amide bonds. The third-order valence-corrected chi connectivity index (χ3v) is 8.87. The van der Waals surface area contributed by atoms with Gasteiger partial charge in [0.05, 0.1) is 19.5 Å². The third kappa shape index (κ3) is 12.6. The van der Waals surface area contributed by atoms with E-state index in [4.69, 9.17) is 0 Å². The van der Waals surface area contributed by atoms with Crippen LogP contribution in [0, 0.1) is 0 Å². The first-order valence-electron chi connectivity index (χ1n) is 17.4. The Labute approximate surface area is 253 Å². The topological polar surface area (TPSA) is 8.81 Å². The molecule has 2 nitrogen and oxygen atoms in total. The number of hydrogen-bond donors (Lipinski definition) is 0. The van der Waals surface area contributed by atoms with Gasteiger partial charge in [-0.25, -0.2) is 9.13 Å². The lowest BCUT2D eigenvalue weighted by molar-refractivity contribution is -0.704. The molecule has 0 saturated heterocycles. The van der Waals surface area contributed by atoms with E-state index >= 15 is 0 Å². The van der Waals surface area contributed by atoms with Crippen LogP contribution < -0.4 is 4.57 Å². The van der Waals surface area contributed by atoms with Crippen LogP contribution in [0.4, 0.5) is 0 Å². The predicted molar refractivity (Wildman–Crippen MR) is 178 cm³/mol. The first-order chi connectivity index (χ1) is 20.2. The van der Waals surface area contributed by atoms with E-state index in [0.29, 0.717) is 5.92 Å². The Hall–Kier alpha value is -2.35. The van der Waals surface area contributed by atoms with E-state index < -0.39 is 0 Å². The highest BCUT2D eigenvalue weighted by atomic mass is 15.2. The first kappa shape index (κ1) is 33.2. The van der Waals surface area contributed by atoms with Crippen LogP contribution in [0.3, 0.4) is 0 Å². The molecule has 0 spiro atoms. The van der Waals surface area contributed by atoms with Crippen molar-refractivity contribution >= 4 is 0 Å². The number of aryl methyl sites for hydroxylation is 1. The zero-order valence-corrected chi connectivity index (χ0v) is 27.0. The predicted octanol–water partition coefficient (Wildman–Crippen LogP) is 11.0. The number of benzene rings is 2. The molecule has 0 aliphatic carbocycles. The lowest BCUT2D eigenvalue weighted by Crippen LogP contribution is -2.37. The van der Waals surface area contributed by atoms with Gasteiger partial charge in [0.1, 0.15) is 11.9 Å². The molecule has 1 heterocycles. The standard InChI is InChI=1S/C39H61N2/c1-4-6-8-9-10-11-12-13-14-15-16-17-25-30-40-34-38(32-35(3)37-28-22-19-23-29-37)41(31-24-7-5-2)39(40)33-36-26-20-18-21-27-36/h18-23,26-29,34-35H,4-17,24-25,30-33H2,1-3H3/q+1. The highest BCUT2D eigenvalue weighted by molar-refractivity contribution is 5.22. The van der Waals surface area contributed by atoms with Gasteiger partial charge >= 0.3 is 0 Å². The van der Waals surface area contributed by atoms with Gasteiger partial charge in [-0.1, -0.05) is 158 Å². The molecule has 0 aliphatic rings. The monoisotopic (exact) mass is 557 g/mol. The summed E-state index contributed by atoms with van der Waals surface area (Å²) in [6, 6.07) is 22.2. The van der Waals surface area contributed by atoms with Crippen molar-refractivity contribution in [2.24, 2.45) is 0 Å². The van der Waals surface area contributed by atoms with E-state index in [2.05, 4.69) is 96.8 Å². The van der Waals surface area contributed by atoms with E-state index in [1.807, 2.05) is 0 Å². The maximum Gasteiger partial charge on any atom is 0.261 e. The normalized spacial score (nSPS) is 12.2. The minimum absolute atomic E-state index is 0.519. The maximum absolute atomic E-state index is 2.70. The average molecular weight is 558 g/mol. The fraction of sp³-hybridized carbons (Fsp3) is 0.615. The van der Waals surface area contributed by atoms with Crippen molar-refractivity contribution in [2.45, 2.75) is 155 Å². The molecule has 0 fully saturated rings. The van der Waals surface area contributed by atoms with Gasteiger partial charge in [-0.2, -0.15) is 0 Å². The minimum Gasteiger partial charge on any atom is -0.234 e. The second-order valence-electron chi connectivity index (χ2n) is 12.5. The summed E-state index contributed by atoms with van der Waals surface area (Å²) in [5.41, 5.74) is 4.38. The van der Waals surface area contributed by atoms with Gasteiger partial charge in [0.15, 0.2) is 0 Å². The van der Waals surface area contributed by atoms with Gasteiger partial charge < -0.3 is 0 Å². The molecule has 41 heavy (non-hydrogen) atoms. The van der Waals surface area contributed by atoms with Crippen LogP contribution >= 0.6 is 0 Å². The second kappa shape index (κ2) is 20.5. The largest absolute Gasteiger partial charge is 0.261 e. The minimum atomic E-state index is 0.519. The van der Waals surface area contributed by atoms with Gasteiger partial charge in [0, 0.05) is 6.42 Å². The Morgan fingerprint density at radius 3 is 1.71 bits per heavy atom. The number of rotatable bonds is 23. The van der Waals surface area contributed by atoms with Gasteiger partial charge in [-0.3, -0.25) is 0 Å².